The summed E-state index contributed by atoms with van der Waals surface area (Å²) < 4.78 is 30.3. The lowest BCUT2D eigenvalue weighted by atomic mass is 9.96. The second-order valence-corrected chi connectivity index (χ2v) is 8.48. The monoisotopic (exact) mass is 246 g/mol. The van der Waals surface area contributed by atoms with Crippen molar-refractivity contribution in [2.45, 2.75) is 75.1 Å². The van der Waals surface area contributed by atoms with Crippen molar-refractivity contribution in [2.75, 3.05) is 0 Å². The molecule has 2 saturated heterocycles. The van der Waals surface area contributed by atoms with Crippen LogP contribution in [0.15, 0.2) is 0 Å². The predicted octanol–water partition coefficient (Wildman–Crippen LogP) is 2.30. The molecule has 0 radical (unpaired) electrons. The van der Waals surface area contributed by atoms with Gasteiger partial charge < -0.3 is 4.74 Å². The van der Waals surface area contributed by atoms with E-state index in [1.807, 2.05) is 20.8 Å². The molecule has 0 aromatic carbocycles. The maximum atomic E-state index is 12.2. The lowest BCUT2D eigenvalue weighted by molar-refractivity contribution is -0.0698. The fourth-order valence-corrected chi connectivity index (χ4v) is 5.52. The highest BCUT2D eigenvalue weighted by atomic mass is 32.2. The van der Waals surface area contributed by atoms with Gasteiger partial charge in [-0.3, -0.25) is 0 Å². The van der Waals surface area contributed by atoms with Crippen molar-refractivity contribution in [2.24, 2.45) is 0 Å². The van der Waals surface area contributed by atoms with Gasteiger partial charge in [-0.25, -0.2) is 8.42 Å². The zero-order valence-electron chi connectivity index (χ0n) is 10.4. The molecule has 4 heteroatoms. The average Bonchev–Trinajstić information content (AvgIpc) is 2.06. The summed E-state index contributed by atoms with van der Waals surface area (Å²) in [5.41, 5.74) is -0.246. The quantitative estimate of drug-likeness (QED) is 0.713. The van der Waals surface area contributed by atoms with Gasteiger partial charge >= 0.3 is 0 Å². The second-order valence-electron chi connectivity index (χ2n) is 6.03. The molecule has 2 rings (SSSR count). The molecule has 0 spiro atoms. The lowest BCUT2D eigenvalue weighted by Gasteiger charge is -2.42. The Kier molecular flexibility index (Phi) is 3.08. The summed E-state index contributed by atoms with van der Waals surface area (Å²) in [5.74, 6) is 0. The summed E-state index contributed by atoms with van der Waals surface area (Å²) in [5, 5.41) is -0.315. The smallest absolute Gasteiger partial charge is 0.158 e. The summed E-state index contributed by atoms with van der Waals surface area (Å²) in [4.78, 5) is 0. The molecule has 3 atom stereocenters. The Morgan fingerprint density at radius 3 is 2.38 bits per heavy atom. The van der Waals surface area contributed by atoms with Crippen molar-refractivity contribution in [3.05, 3.63) is 0 Å². The first-order chi connectivity index (χ1) is 7.31. The minimum atomic E-state index is -2.91. The maximum absolute atomic E-state index is 12.2. The molecule has 2 aliphatic heterocycles. The zero-order chi connectivity index (χ0) is 12.0. The van der Waals surface area contributed by atoms with Gasteiger partial charge in [0.25, 0.3) is 0 Å². The summed E-state index contributed by atoms with van der Waals surface area (Å²) in [6.07, 6.45) is 4.31. The highest BCUT2D eigenvalue weighted by Crippen LogP contribution is 2.39. The molecule has 0 amide bonds. The highest BCUT2D eigenvalue weighted by Gasteiger charge is 2.47. The van der Waals surface area contributed by atoms with Crippen molar-refractivity contribution < 1.29 is 13.2 Å². The molecule has 2 bridgehead atoms. The van der Waals surface area contributed by atoms with E-state index >= 15 is 0 Å². The second kappa shape index (κ2) is 3.98. The van der Waals surface area contributed by atoms with Crippen molar-refractivity contribution in [1.29, 1.82) is 0 Å². The number of hydrogen-bond donors (Lipinski definition) is 0. The van der Waals surface area contributed by atoms with Crippen LogP contribution in [0.1, 0.15) is 52.9 Å². The molecule has 0 saturated carbocycles. The topological polar surface area (TPSA) is 43.4 Å². The molecule has 2 aliphatic rings. The first kappa shape index (κ1) is 12.4. The molecule has 3 nitrogen and oxygen atoms in total. The third-order valence-corrected chi connectivity index (χ3v) is 6.38. The van der Waals surface area contributed by atoms with Crippen molar-refractivity contribution >= 4 is 9.84 Å². The molecule has 94 valence electrons. The summed E-state index contributed by atoms with van der Waals surface area (Å²) in [7, 11) is -2.91. The van der Waals surface area contributed by atoms with Crippen molar-refractivity contribution in [3.8, 4) is 0 Å². The van der Waals surface area contributed by atoms with E-state index in [0.29, 0.717) is 0 Å². The summed E-state index contributed by atoms with van der Waals surface area (Å²) in [6.45, 7) is 5.98. The van der Waals surface area contributed by atoms with Crippen LogP contribution < -0.4 is 0 Å². The van der Waals surface area contributed by atoms with Crippen LogP contribution in [0.2, 0.25) is 0 Å². The van der Waals surface area contributed by atoms with Crippen LogP contribution >= 0.6 is 0 Å². The van der Waals surface area contributed by atoms with E-state index in [9.17, 15) is 8.42 Å². The van der Waals surface area contributed by atoms with Crippen molar-refractivity contribution in [3.63, 3.8) is 0 Å². The number of fused-ring (bicyclic) bond motifs is 2. The van der Waals surface area contributed by atoms with Gasteiger partial charge in [0, 0.05) is 0 Å². The summed E-state index contributed by atoms with van der Waals surface area (Å²) in [6, 6.07) is 0. The standard InChI is InChI=1S/C12H22O3S/c1-12(2,3)15-10-8-7-9-5-4-6-11(10)16(9,13)14/h9-11H,4-8H2,1-3H3/t9-,10+,11+/m0/s1. The van der Waals surface area contributed by atoms with Gasteiger partial charge in [-0.1, -0.05) is 6.42 Å². The largest absolute Gasteiger partial charge is 0.371 e. The molecular weight excluding hydrogens is 224 g/mol. The van der Waals surface area contributed by atoms with Gasteiger partial charge in [0.1, 0.15) is 0 Å². The molecule has 0 unspecified atom stereocenters. The van der Waals surface area contributed by atoms with E-state index < -0.39 is 9.84 Å². The molecule has 0 aromatic rings. The molecule has 2 heterocycles. The van der Waals surface area contributed by atoms with Crippen molar-refractivity contribution in [1.82, 2.24) is 0 Å². The van der Waals surface area contributed by atoms with Crippen LogP contribution in [0.5, 0.6) is 0 Å². The summed E-state index contributed by atoms with van der Waals surface area (Å²) >= 11 is 0. The molecular formula is C12H22O3S. The fraction of sp³-hybridized carbons (Fsp3) is 1.00. The van der Waals surface area contributed by atoms with Crippen LogP contribution in [-0.4, -0.2) is 30.6 Å². The number of sulfone groups is 1. The van der Waals surface area contributed by atoms with Gasteiger partial charge in [0.2, 0.25) is 0 Å². The molecule has 0 aromatic heterocycles. The van der Waals surface area contributed by atoms with Crippen LogP contribution in [0.3, 0.4) is 0 Å². The Morgan fingerprint density at radius 2 is 1.75 bits per heavy atom. The predicted molar refractivity (Wildman–Crippen MR) is 64.2 cm³/mol. The molecule has 0 aliphatic carbocycles. The average molecular weight is 246 g/mol. The van der Waals surface area contributed by atoms with E-state index in [2.05, 4.69) is 0 Å². The highest BCUT2D eigenvalue weighted by molar-refractivity contribution is 7.92. The third-order valence-electron chi connectivity index (χ3n) is 3.59. The van der Waals surface area contributed by atoms with Crippen LogP contribution in [0, 0.1) is 0 Å². The SMILES string of the molecule is CC(C)(C)O[C@@H]1CC[C@@H]2CCC[C@H]1S2(=O)=O. The Balaban J connectivity index is 2.18. The third kappa shape index (κ3) is 2.28. The lowest BCUT2D eigenvalue weighted by Crippen LogP contribution is -2.50. The number of rotatable bonds is 1. The first-order valence-corrected chi connectivity index (χ1v) is 7.82. The minimum Gasteiger partial charge on any atom is -0.371 e. The van der Waals surface area contributed by atoms with E-state index in [0.717, 1.165) is 32.1 Å². The number of ether oxygens (including phenoxy) is 1. The van der Waals surface area contributed by atoms with E-state index in [1.54, 1.807) is 0 Å². The van der Waals surface area contributed by atoms with E-state index in [1.165, 1.54) is 0 Å². The van der Waals surface area contributed by atoms with Gasteiger partial charge in [0.15, 0.2) is 9.84 Å². The van der Waals surface area contributed by atoms with Crippen LogP contribution in [-0.2, 0) is 14.6 Å². The van der Waals surface area contributed by atoms with Crippen LogP contribution in [0.4, 0.5) is 0 Å². The fourth-order valence-electron chi connectivity index (χ4n) is 2.95. The zero-order valence-corrected chi connectivity index (χ0v) is 11.2. The normalized spacial score (nSPS) is 38.3. The Labute approximate surface area is 98.5 Å². The Bertz CT molecular complexity index is 353. The van der Waals surface area contributed by atoms with Gasteiger partial charge in [0.05, 0.1) is 22.2 Å². The maximum Gasteiger partial charge on any atom is 0.158 e. The van der Waals surface area contributed by atoms with E-state index in [-0.39, 0.29) is 22.2 Å². The molecule has 2 fully saturated rings. The number of hydrogen-bond acceptors (Lipinski definition) is 3. The first-order valence-electron chi connectivity index (χ1n) is 6.21. The molecule has 0 N–H and O–H groups in total. The van der Waals surface area contributed by atoms with E-state index in [4.69, 9.17) is 4.74 Å². The Morgan fingerprint density at radius 1 is 1.06 bits per heavy atom. The minimum absolute atomic E-state index is 0.0777. The van der Waals surface area contributed by atoms with Crippen LogP contribution in [0.25, 0.3) is 0 Å². The van der Waals surface area contributed by atoms with Gasteiger partial charge in [-0.2, -0.15) is 0 Å². The van der Waals surface area contributed by atoms with Gasteiger partial charge in [-0.05, 0) is 46.5 Å². The van der Waals surface area contributed by atoms with Gasteiger partial charge in [-0.15, -0.1) is 0 Å². The molecule has 16 heavy (non-hydrogen) atoms. The Hall–Kier alpha value is -0.0900.